The van der Waals surface area contributed by atoms with Crippen LogP contribution < -0.4 is 5.56 Å². The second-order valence-electron chi connectivity index (χ2n) is 4.18. The minimum absolute atomic E-state index is 0.0959. The molecule has 0 saturated carbocycles. The van der Waals surface area contributed by atoms with Crippen LogP contribution >= 0.6 is 23.1 Å². The number of ether oxygens (including phenoxy) is 1. The molecule has 0 radical (unpaired) electrons. The van der Waals surface area contributed by atoms with Crippen molar-refractivity contribution in [2.24, 2.45) is 0 Å². The van der Waals surface area contributed by atoms with Gasteiger partial charge in [0.25, 0.3) is 5.56 Å². The van der Waals surface area contributed by atoms with E-state index in [0.29, 0.717) is 23.4 Å². The van der Waals surface area contributed by atoms with E-state index in [9.17, 15) is 9.59 Å². The summed E-state index contributed by atoms with van der Waals surface area (Å²) in [5.74, 6) is 0.503. The van der Waals surface area contributed by atoms with Crippen LogP contribution in [0.5, 0.6) is 0 Å². The zero-order valence-corrected chi connectivity index (χ0v) is 13.0. The number of fused-ring (bicyclic) bond motifs is 1. The molecule has 2 rings (SSSR count). The first-order valence-electron chi connectivity index (χ1n) is 6.36. The number of rotatable bonds is 6. The van der Waals surface area contributed by atoms with Crippen molar-refractivity contribution in [3.8, 4) is 0 Å². The summed E-state index contributed by atoms with van der Waals surface area (Å²) in [6.45, 7) is 2.06. The number of H-pyrrole nitrogens is 1. The molecule has 108 valence electrons. The van der Waals surface area contributed by atoms with Crippen molar-refractivity contribution in [3.05, 3.63) is 21.3 Å². The lowest BCUT2D eigenvalue weighted by molar-refractivity contribution is -0.140. The average Bonchev–Trinajstić information content (AvgIpc) is 2.87. The third kappa shape index (κ3) is 3.61. The lowest BCUT2D eigenvalue weighted by atomic mass is 10.3. The molecule has 2 aromatic rings. The normalized spacial score (nSPS) is 10.9. The number of hydrogen-bond acceptors (Lipinski definition) is 6. The molecule has 0 unspecified atom stereocenters. The highest BCUT2D eigenvalue weighted by atomic mass is 32.2. The molecule has 0 aliphatic carbocycles. The summed E-state index contributed by atoms with van der Waals surface area (Å²) in [6, 6.07) is 1.90. The monoisotopic (exact) mass is 312 g/mol. The molecule has 7 heteroatoms. The van der Waals surface area contributed by atoms with Crippen molar-refractivity contribution in [2.75, 3.05) is 12.9 Å². The number of nitrogens with one attached hydrogen (secondary N) is 1. The first kappa shape index (κ1) is 15.1. The number of thioether (sulfide) groups is 1. The highest BCUT2D eigenvalue weighted by Crippen LogP contribution is 2.23. The summed E-state index contributed by atoms with van der Waals surface area (Å²) in [6.07, 6.45) is 1.99. The van der Waals surface area contributed by atoms with E-state index in [1.165, 1.54) is 18.9 Å². The molecule has 0 aromatic carbocycles. The van der Waals surface area contributed by atoms with Crippen molar-refractivity contribution >= 4 is 39.3 Å². The number of aromatic amines is 1. The summed E-state index contributed by atoms with van der Waals surface area (Å²) in [5.41, 5.74) is -0.0959. The maximum absolute atomic E-state index is 11.9. The van der Waals surface area contributed by atoms with Crippen LogP contribution in [0.3, 0.4) is 0 Å². The molecule has 0 aliphatic heterocycles. The third-order valence-electron chi connectivity index (χ3n) is 2.77. The smallest absolute Gasteiger partial charge is 0.305 e. The van der Waals surface area contributed by atoms with Gasteiger partial charge >= 0.3 is 5.97 Å². The van der Waals surface area contributed by atoms with Crippen LogP contribution in [0.4, 0.5) is 0 Å². The maximum atomic E-state index is 11.9. The van der Waals surface area contributed by atoms with Gasteiger partial charge in [0.1, 0.15) is 4.83 Å². The number of hydrogen-bond donors (Lipinski definition) is 1. The number of aromatic nitrogens is 2. The van der Waals surface area contributed by atoms with Gasteiger partial charge in [0.15, 0.2) is 5.16 Å². The Kier molecular flexibility index (Phi) is 5.19. The molecular formula is C13H16N2O3S2. The van der Waals surface area contributed by atoms with Crippen molar-refractivity contribution in [1.82, 2.24) is 9.97 Å². The Labute approximate surface area is 124 Å². The Morgan fingerprint density at radius 1 is 1.55 bits per heavy atom. The molecule has 0 bridgehead atoms. The Bertz CT molecular complexity index is 663. The highest BCUT2D eigenvalue weighted by Gasteiger charge is 2.08. The van der Waals surface area contributed by atoms with E-state index in [4.69, 9.17) is 0 Å². The number of aryl methyl sites for hydroxylation is 1. The summed E-state index contributed by atoms with van der Waals surface area (Å²) >= 11 is 3.01. The van der Waals surface area contributed by atoms with Gasteiger partial charge in [-0.15, -0.1) is 11.3 Å². The number of nitrogens with zero attached hydrogens (tertiary/aromatic N) is 1. The molecule has 2 heterocycles. The number of thiophene rings is 1. The van der Waals surface area contributed by atoms with Crippen LogP contribution in [0.1, 0.15) is 24.6 Å². The minimum Gasteiger partial charge on any atom is -0.469 e. The number of carbonyl (C=O) groups is 1. The van der Waals surface area contributed by atoms with E-state index < -0.39 is 0 Å². The molecule has 5 nitrogen and oxygen atoms in total. The summed E-state index contributed by atoms with van der Waals surface area (Å²) in [5, 5.41) is 1.27. The van der Waals surface area contributed by atoms with Gasteiger partial charge in [0, 0.05) is 17.1 Å². The molecule has 1 N–H and O–H groups in total. The van der Waals surface area contributed by atoms with Crippen LogP contribution in [0.2, 0.25) is 0 Å². The quantitative estimate of drug-likeness (QED) is 0.384. The molecule has 0 saturated heterocycles. The predicted octanol–water partition coefficient (Wildman–Crippen LogP) is 2.59. The third-order valence-corrected chi connectivity index (χ3v) is 4.90. The zero-order valence-electron chi connectivity index (χ0n) is 11.4. The molecule has 0 aliphatic rings. The molecule has 0 amide bonds. The summed E-state index contributed by atoms with van der Waals surface area (Å²) in [7, 11) is 1.38. The first-order valence-corrected chi connectivity index (χ1v) is 8.16. The Balaban J connectivity index is 2.04. The summed E-state index contributed by atoms with van der Waals surface area (Å²) in [4.78, 5) is 32.1. The van der Waals surface area contributed by atoms with E-state index in [1.807, 2.05) is 6.07 Å². The fourth-order valence-corrected chi connectivity index (χ4v) is 3.52. The number of esters is 1. The lowest BCUT2D eigenvalue weighted by Gasteiger charge is -2.00. The molecule has 0 fully saturated rings. The average molecular weight is 312 g/mol. The number of methoxy groups -OCH3 is 1. The van der Waals surface area contributed by atoms with Gasteiger partial charge < -0.3 is 9.72 Å². The largest absolute Gasteiger partial charge is 0.469 e. The second-order valence-corrected chi connectivity index (χ2v) is 6.38. The Morgan fingerprint density at radius 2 is 2.35 bits per heavy atom. The van der Waals surface area contributed by atoms with Crippen LogP contribution in [-0.2, 0) is 16.0 Å². The van der Waals surface area contributed by atoms with Gasteiger partial charge in [-0.3, -0.25) is 9.59 Å². The molecule has 2 aromatic heterocycles. The summed E-state index contributed by atoms with van der Waals surface area (Å²) < 4.78 is 4.57. The van der Waals surface area contributed by atoms with Gasteiger partial charge in [0.05, 0.1) is 12.5 Å². The van der Waals surface area contributed by atoms with Gasteiger partial charge in [-0.1, -0.05) is 18.7 Å². The van der Waals surface area contributed by atoms with Crippen LogP contribution in [0, 0.1) is 0 Å². The topological polar surface area (TPSA) is 72.0 Å². The van der Waals surface area contributed by atoms with E-state index in [-0.39, 0.29) is 11.5 Å². The van der Waals surface area contributed by atoms with Gasteiger partial charge in [-0.2, -0.15) is 0 Å². The highest BCUT2D eigenvalue weighted by molar-refractivity contribution is 7.99. The molecule has 20 heavy (non-hydrogen) atoms. The fraction of sp³-hybridized carbons (Fsp3) is 0.462. The second kappa shape index (κ2) is 6.90. The Morgan fingerprint density at radius 3 is 3.05 bits per heavy atom. The standard InChI is InChI=1S/C13H16N2O3S2/c1-3-8-7-9-11(17)14-13(15-12(9)20-8)19-6-4-5-10(16)18-2/h7H,3-6H2,1-2H3,(H,14,15,17). The minimum atomic E-state index is -0.214. The maximum Gasteiger partial charge on any atom is 0.305 e. The van der Waals surface area contributed by atoms with Crippen molar-refractivity contribution < 1.29 is 9.53 Å². The van der Waals surface area contributed by atoms with E-state index in [2.05, 4.69) is 21.6 Å². The van der Waals surface area contributed by atoms with Crippen molar-refractivity contribution in [1.29, 1.82) is 0 Å². The molecule has 0 atom stereocenters. The Hall–Kier alpha value is -1.34. The SMILES string of the molecule is CCc1cc2c(=O)[nH]c(SCCCC(=O)OC)nc2s1. The van der Waals surface area contributed by atoms with Crippen LogP contribution in [-0.4, -0.2) is 28.8 Å². The fourth-order valence-electron chi connectivity index (χ4n) is 1.69. The van der Waals surface area contributed by atoms with Gasteiger partial charge in [-0.25, -0.2) is 4.98 Å². The van der Waals surface area contributed by atoms with E-state index >= 15 is 0 Å². The van der Waals surface area contributed by atoms with Crippen LogP contribution in [0.25, 0.3) is 10.2 Å². The molecule has 0 spiro atoms. The van der Waals surface area contributed by atoms with E-state index in [1.54, 1.807) is 11.3 Å². The van der Waals surface area contributed by atoms with Gasteiger partial charge in [-0.05, 0) is 18.9 Å². The van der Waals surface area contributed by atoms with E-state index in [0.717, 1.165) is 21.9 Å². The molecular weight excluding hydrogens is 296 g/mol. The van der Waals surface area contributed by atoms with Crippen LogP contribution in [0.15, 0.2) is 16.0 Å². The first-order chi connectivity index (χ1) is 9.63. The lowest BCUT2D eigenvalue weighted by Crippen LogP contribution is -2.08. The van der Waals surface area contributed by atoms with Crippen molar-refractivity contribution in [2.45, 2.75) is 31.3 Å². The zero-order chi connectivity index (χ0) is 14.5. The number of carbonyl (C=O) groups excluding carboxylic acids is 1. The predicted molar refractivity (Wildman–Crippen MR) is 81.6 cm³/mol. The van der Waals surface area contributed by atoms with Gasteiger partial charge in [0.2, 0.25) is 0 Å². The van der Waals surface area contributed by atoms with Crippen molar-refractivity contribution in [3.63, 3.8) is 0 Å².